The summed E-state index contributed by atoms with van der Waals surface area (Å²) in [6.07, 6.45) is 12.0. The van der Waals surface area contributed by atoms with Crippen LogP contribution in [0.1, 0.15) is 150 Å². The molecule has 334 valence electrons. The first-order valence-electron chi connectivity index (χ1n) is 22.9. The van der Waals surface area contributed by atoms with Gasteiger partial charge in [0, 0.05) is 30.5 Å². The quantitative estimate of drug-likeness (QED) is 0.191. The van der Waals surface area contributed by atoms with Gasteiger partial charge >= 0.3 is 5.97 Å². The number of ether oxygens (including phenoxy) is 1. The number of amides is 1. The molecule has 0 unspecified atom stereocenters. The maximum Gasteiger partial charge on any atom is 0.309 e. The number of hydrogen-bond acceptors (Lipinski definition) is 7. The van der Waals surface area contributed by atoms with Crippen molar-refractivity contribution in [1.29, 1.82) is 0 Å². The topological polar surface area (TPSA) is 129 Å². The summed E-state index contributed by atoms with van der Waals surface area (Å²) in [5, 5.41) is 24.8. The molecule has 3 N–H and O–H groups in total. The van der Waals surface area contributed by atoms with E-state index in [1.807, 2.05) is 37.3 Å². The van der Waals surface area contributed by atoms with Crippen molar-refractivity contribution in [2.75, 3.05) is 32.8 Å². The number of para-hydroxylation sites is 1. The minimum absolute atomic E-state index is 0. The van der Waals surface area contributed by atoms with Gasteiger partial charge < -0.3 is 25.2 Å². The van der Waals surface area contributed by atoms with Gasteiger partial charge in [0.1, 0.15) is 0 Å². The molecule has 60 heavy (non-hydrogen) atoms. The Morgan fingerprint density at radius 2 is 1.62 bits per heavy atom. The molecule has 1 heterocycles. The Kier molecular flexibility index (Phi) is 14.4. The van der Waals surface area contributed by atoms with Crippen LogP contribution in [0.4, 0.5) is 0 Å². The van der Waals surface area contributed by atoms with Crippen LogP contribution in [0.3, 0.4) is 0 Å². The largest absolute Gasteiger partial charge is 0.481 e. The van der Waals surface area contributed by atoms with E-state index in [1.54, 1.807) is 6.07 Å². The van der Waals surface area contributed by atoms with Crippen molar-refractivity contribution in [2.24, 2.45) is 50.2 Å². The van der Waals surface area contributed by atoms with Crippen molar-refractivity contribution >= 4 is 41.0 Å². The Morgan fingerprint density at radius 3 is 2.28 bits per heavy atom. The number of halogens is 1. The van der Waals surface area contributed by atoms with Gasteiger partial charge in [0.2, 0.25) is 5.88 Å². The summed E-state index contributed by atoms with van der Waals surface area (Å²) in [4.78, 5) is 45.9. The average molecular weight is 851 g/mol. The number of rotatable bonds is 11. The fraction of sp³-hybridized carbons (Fsp3) is 0.720. The van der Waals surface area contributed by atoms with Crippen LogP contribution in [0, 0.1) is 50.2 Å². The first kappa shape index (κ1) is 48.0. The van der Waals surface area contributed by atoms with E-state index in [1.165, 1.54) is 5.57 Å². The Morgan fingerprint density at radius 1 is 0.933 bits per heavy atom. The van der Waals surface area contributed by atoms with Crippen molar-refractivity contribution in [3.8, 4) is 5.88 Å². The molecule has 1 aromatic heterocycles. The van der Waals surface area contributed by atoms with Gasteiger partial charge in [-0.2, -0.15) is 0 Å². The second-order valence-corrected chi connectivity index (χ2v) is 20.9. The van der Waals surface area contributed by atoms with Crippen LogP contribution in [0.25, 0.3) is 10.9 Å². The predicted molar refractivity (Wildman–Crippen MR) is 243 cm³/mol. The number of carboxylic acids is 1. The van der Waals surface area contributed by atoms with Crippen molar-refractivity contribution in [3.63, 3.8) is 0 Å². The predicted octanol–water partition coefficient (Wildman–Crippen LogP) is 10.3. The lowest BCUT2D eigenvalue weighted by Crippen LogP contribution is -2.66. The number of nitrogens with one attached hydrogen (secondary N) is 1. The van der Waals surface area contributed by atoms with Gasteiger partial charge in [0.25, 0.3) is 5.91 Å². The Balaban J connectivity index is 0.000000235. The van der Waals surface area contributed by atoms with Crippen molar-refractivity contribution in [2.45, 2.75) is 146 Å². The molecular weight excluding hydrogens is 774 g/mol. The maximum atomic E-state index is 14.2. The summed E-state index contributed by atoms with van der Waals surface area (Å²) in [6, 6.07) is 9.44. The molecule has 2 aromatic rings. The molecule has 0 aliphatic heterocycles. The molecule has 0 radical (unpaired) electrons. The first-order chi connectivity index (χ1) is 27.7. The van der Waals surface area contributed by atoms with E-state index in [2.05, 4.69) is 77.5 Å². The molecule has 0 saturated heterocycles. The van der Waals surface area contributed by atoms with Gasteiger partial charge in [-0.15, -0.1) is 12.4 Å². The summed E-state index contributed by atoms with van der Waals surface area (Å²) in [5.74, 6) is 0.497. The van der Waals surface area contributed by atoms with Crippen LogP contribution in [0.5, 0.6) is 5.88 Å². The molecule has 4 saturated carbocycles. The van der Waals surface area contributed by atoms with Crippen molar-refractivity contribution < 1.29 is 29.3 Å². The number of aliphatic carboxylic acids is 1. The summed E-state index contributed by atoms with van der Waals surface area (Å²) < 4.78 is 5.72. The third-order valence-electron chi connectivity index (χ3n) is 17.4. The van der Waals surface area contributed by atoms with E-state index in [0.717, 1.165) is 94.7 Å². The number of benzene rings is 1. The van der Waals surface area contributed by atoms with Crippen LogP contribution in [0.15, 0.2) is 42.0 Å². The second-order valence-electron chi connectivity index (χ2n) is 20.9. The number of ketones is 1. The molecule has 4 fully saturated rings. The van der Waals surface area contributed by atoms with Crippen molar-refractivity contribution in [1.82, 2.24) is 15.2 Å². The van der Waals surface area contributed by atoms with Crippen LogP contribution >= 0.6 is 12.4 Å². The van der Waals surface area contributed by atoms with Crippen LogP contribution in [-0.4, -0.2) is 76.6 Å². The van der Waals surface area contributed by atoms with Gasteiger partial charge in [-0.05, 0) is 135 Å². The molecule has 5 aliphatic rings. The van der Waals surface area contributed by atoms with E-state index >= 15 is 0 Å². The number of unbranched alkanes of at least 4 members (excludes halogenated alkanes) is 1. The fourth-order valence-electron chi connectivity index (χ4n) is 13.1. The number of carboxylic acid groups (broad SMARTS) is 1. The lowest BCUT2D eigenvalue weighted by atomic mass is 9.33. The van der Waals surface area contributed by atoms with Crippen molar-refractivity contribution in [3.05, 3.63) is 47.5 Å². The smallest absolute Gasteiger partial charge is 0.309 e. The van der Waals surface area contributed by atoms with Crippen LogP contribution in [0.2, 0.25) is 0 Å². The number of hydrogen-bond donors (Lipinski definition) is 3. The summed E-state index contributed by atoms with van der Waals surface area (Å²) >= 11 is 0. The van der Waals surface area contributed by atoms with Gasteiger partial charge in [0.05, 0.1) is 29.2 Å². The zero-order valence-electron chi connectivity index (χ0n) is 38.4. The highest BCUT2D eigenvalue weighted by Crippen LogP contribution is 2.75. The van der Waals surface area contributed by atoms with Crippen LogP contribution < -0.4 is 10.1 Å². The zero-order chi connectivity index (χ0) is 43.2. The van der Waals surface area contributed by atoms with Gasteiger partial charge in [-0.1, -0.05) is 92.5 Å². The fourth-order valence-corrected chi connectivity index (χ4v) is 13.1. The average Bonchev–Trinajstić information content (AvgIpc) is 3.19. The van der Waals surface area contributed by atoms with E-state index in [9.17, 15) is 24.6 Å². The summed E-state index contributed by atoms with van der Waals surface area (Å²) in [6.45, 7) is 26.3. The standard InChI is InChI=1S/C30H46O4.C20H29N3O2.ClH/c1-25(2)21-8-11-30(7)23(28(21,5)10-9-22(25)32)20(31)16-18-19-17-27(4,24(33)34)13-12-26(19,3)14-15-29(18,30)6;1-4-7-14-25-19-15-17(16-10-8-9-11-18(16)22-19)20(24)21-12-13-23(5-2)6-3;/h16,19,21-23,32H,8-15,17H2,1-7H3,(H,33,34);8-11,15H,4-7,12-14H2,1-3H3,(H,21,24);1H/t19-,21-,22-,23+,26+,27-,28-,29+,30+;;/m0../s1. The molecule has 5 aliphatic carbocycles. The summed E-state index contributed by atoms with van der Waals surface area (Å²) in [7, 11) is 0. The van der Waals surface area contributed by atoms with Gasteiger partial charge in [-0.3, -0.25) is 14.4 Å². The monoisotopic (exact) mass is 850 g/mol. The third kappa shape index (κ3) is 8.30. The number of pyridine rings is 1. The minimum atomic E-state index is -0.711. The lowest BCUT2D eigenvalue weighted by molar-refractivity contribution is -0.202. The number of carbonyl (C=O) groups excluding carboxylic acids is 2. The highest BCUT2D eigenvalue weighted by atomic mass is 35.5. The normalized spacial score (nSPS) is 35.3. The first-order valence-corrected chi connectivity index (χ1v) is 22.9. The molecule has 0 spiro atoms. The number of nitrogens with zero attached hydrogens (tertiary/aromatic N) is 2. The molecule has 1 amide bonds. The van der Waals surface area contributed by atoms with Gasteiger partial charge in [-0.25, -0.2) is 4.98 Å². The highest BCUT2D eigenvalue weighted by molar-refractivity contribution is 6.06. The van der Waals surface area contributed by atoms with E-state index < -0.39 is 11.4 Å². The number of likely N-dealkylation sites (N-methyl/N-ethyl adjacent to an activating group) is 1. The molecule has 9 nitrogen and oxygen atoms in total. The number of allylic oxidation sites excluding steroid dienone is 2. The van der Waals surface area contributed by atoms with Crippen LogP contribution in [-0.2, 0) is 9.59 Å². The molecule has 1 aromatic carbocycles. The number of aliphatic hydroxyl groups excluding tert-OH is 1. The highest BCUT2D eigenvalue weighted by Gasteiger charge is 2.70. The van der Waals surface area contributed by atoms with E-state index in [0.29, 0.717) is 36.9 Å². The maximum absolute atomic E-state index is 14.2. The third-order valence-corrected chi connectivity index (χ3v) is 17.4. The molecule has 9 atom stereocenters. The Labute approximate surface area is 366 Å². The number of carbonyl (C=O) groups is 3. The molecule has 0 bridgehead atoms. The van der Waals surface area contributed by atoms with E-state index in [4.69, 9.17) is 4.74 Å². The SMILES string of the molecule is CC1(C)[C@@H](O)CC[C@]2(C)[C@H]3C(=O)C=C4[C@@H]5C[C@@](C)(C(=O)O)CC[C@]5(C)CC[C@@]4(C)[C@]3(C)CC[C@@H]12.CCCCOc1cc(C(=O)NCCN(CC)CC)c2ccccc2n1.Cl. The number of fused-ring (bicyclic) bond motifs is 8. The number of aromatic nitrogens is 1. The molecule has 10 heteroatoms. The van der Waals surface area contributed by atoms with Gasteiger partial charge in [0.15, 0.2) is 5.78 Å². The Hall–Kier alpha value is -3.01. The Bertz CT molecular complexity index is 1930. The molecule has 7 rings (SSSR count). The van der Waals surface area contributed by atoms with E-state index in [-0.39, 0.29) is 69.1 Å². The lowest BCUT2D eigenvalue weighted by Gasteiger charge is -2.70. The number of aliphatic hydroxyl groups is 1. The minimum Gasteiger partial charge on any atom is -0.481 e. The summed E-state index contributed by atoms with van der Waals surface area (Å²) in [5.41, 5.74) is 1.55. The second kappa shape index (κ2) is 18.0. The molecular formula is C50H76ClN3O6. The zero-order valence-corrected chi connectivity index (χ0v) is 39.2.